The van der Waals surface area contributed by atoms with Crippen LogP contribution >= 0.6 is 0 Å². The molecule has 2 N–H and O–H groups in total. The molecule has 2 amide bonds. The van der Waals surface area contributed by atoms with Gasteiger partial charge in [-0.3, -0.25) is 5.01 Å². The molecule has 2 saturated heterocycles. The minimum atomic E-state index is -0.0654. The van der Waals surface area contributed by atoms with Crippen LogP contribution in [0.5, 0.6) is 0 Å². The highest BCUT2D eigenvalue weighted by atomic mass is 16.5. The van der Waals surface area contributed by atoms with Gasteiger partial charge < -0.3 is 9.64 Å². The van der Waals surface area contributed by atoms with Gasteiger partial charge in [-0.15, -0.1) is 0 Å². The maximum atomic E-state index is 11.7. The van der Waals surface area contributed by atoms with Gasteiger partial charge in [0, 0.05) is 19.6 Å². The molecule has 0 bridgehead atoms. The third-order valence-electron chi connectivity index (χ3n) is 3.09. The van der Waals surface area contributed by atoms with Crippen LogP contribution in [0.2, 0.25) is 0 Å². The summed E-state index contributed by atoms with van der Waals surface area (Å²) in [4.78, 5) is 13.5. The molecule has 15 heavy (non-hydrogen) atoms. The Morgan fingerprint density at radius 3 is 2.93 bits per heavy atom. The lowest BCUT2D eigenvalue weighted by atomic mass is 10.2. The topological polar surface area (TPSA) is 58.8 Å². The Balaban J connectivity index is 1.85. The lowest BCUT2D eigenvalue weighted by molar-refractivity contribution is 0.0291. The number of ether oxygens (including phenoxy) is 1. The zero-order valence-electron chi connectivity index (χ0n) is 9.19. The number of nitrogens with zero attached hydrogens (tertiary/aromatic N) is 2. The largest absolute Gasteiger partial charge is 0.373 e. The first kappa shape index (κ1) is 10.7. The highest BCUT2D eigenvalue weighted by Gasteiger charge is 2.29. The highest BCUT2D eigenvalue weighted by Crippen LogP contribution is 2.20. The van der Waals surface area contributed by atoms with Gasteiger partial charge in [0.2, 0.25) is 0 Å². The second-order valence-electron chi connectivity index (χ2n) is 4.42. The minimum absolute atomic E-state index is 0.0654. The van der Waals surface area contributed by atoms with Crippen molar-refractivity contribution in [3.05, 3.63) is 0 Å². The maximum absolute atomic E-state index is 11.7. The zero-order valence-corrected chi connectivity index (χ0v) is 9.19. The Morgan fingerprint density at radius 2 is 2.27 bits per heavy atom. The van der Waals surface area contributed by atoms with Crippen LogP contribution in [0.15, 0.2) is 0 Å². The van der Waals surface area contributed by atoms with E-state index in [0.717, 1.165) is 25.8 Å². The molecular formula is C10H19N3O2. The van der Waals surface area contributed by atoms with Gasteiger partial charge in [-0.2, -0.15) is 0 Å². The van der Waals surface area contributed by atoms with Crippen LogP contribution in [0.25, 0.3) is 0 Å². The Labute approximate surface area is 90.1 Å². The summed E-state index contributed by atoms with van der Waals surface area (Å²) in [6.45, 7) is 4.24. The van der Waals surface area contributed by atoms with Crippen LogP contribution in [0.4, 0.5) is 4.79 Å². The predicted octanol–water partition coefficient (Wildman–Crippen LogP) is 0.555. The van der Waals surface area contributed by atoms with Crippen molar-refractivity contribution in [1.82, 2.24) is 9.91 Å². The molecule has 0 spiro atoms. The van der Waals surface area contributed by atoms with Crippen molar-refractivity contribution in [3.63, 3.8) is 0 Å². The molecule has 0 aliphatic carbocycles. The van der Waals surface area contributed by atoms with E-state index in [9.17, 15) is 4.79 Å². The second kappa shape index (κ2) is 4.37. The summed E-state index contributed by atoms with van der Waals surface area (Å²) in [5.41, 5.74) is 0. The first-order valence-electron chi connectivity index (χ1n) is 5.63. The molecule has 2 unspecified atom stereocenters. The van der Waals surface area contributed by atoms with E-state index in [0.29, 0.717) is 19.2 Å². The normalized spacial score (nSPS) is 32.5. The van der Waals surface area contributed by atoms with Crippen LogP contribution in [0.3, 0.4) is 0 Å². The number of carbonyl (C=O) groups excluding carboxylic acids is 1. The fourth-order valence-corrected chi connectivity index (χ4v) is 2.24. The van der Waals surface area contributed by atoms with Crippen molar-refractivity contribution in [1.29, 1.82) is 0 Å². The average Bonchev–Trinajstić information content (AvgIpc) is 2.59. The van der Waals surface area contributed by atoms with Crippen molar-refractivity contribution in [2.75, 3.05) is 19.6 Å². The summed E-state index contributed by atoms with van der Waals surface area (Å²) in [6.07, 6.45) is 3.64. The molecule has 5 nitrogen and oxygen atoms in total. The summed E-state index contributed by atoms with van der Waals surface area (Å²) >= 11 is 0. The Morgan fingerprint density at radius 1 is 1.47 bits per heavy atom. The molecule has 0 aromatic rings. The molecule has 2 atom stereocenters. The third-order valence-corrected chi connectivity index (χ3v) is 3.09. The summed E-state index contributed by atoms with van der Waals surface area (Å²) in [5, 5.41) is 1.29. The standard InChI is InChI=1S/C10H19N3O2/c1-8-3-4-9(15-8)7-12-5-2-6-13(11)10(12)14/h8-9H,2-7,11H2,1H3. The molecule has 0 saturated carbocycles. The molecular weight excluding hydrogens is 194 g/mol. The zero-order chi connectivity index (χ0) is 10.8. The van der Waals surface area contributed by atoms with Crippen molar-refractivity contribution >= 4 is 6.03 Å². The number of hydrogen-bond donors (Lipinski definition) is 1. The third kappa shape index (κ3) is 2.41. The van der Waals surface area contributed by atoms with Crippen molar-refractivity contribution in [2.45, 2.75) is 38.4 Å². The van der Waals surface area contributed by atoms with Gasteiger partial charge in [0.05, 0.1) is 12.2 Å². The van der Waals surface area contributed by atoms with Crippen LogP contribution < -0.4 is 5.84 Å². The Hall–Kier alpha value is -0.810. The first-order valence-corrected chi connectivity index (χ1v) is 5.63. The van der Waals surface area contributed by atoms with Crippen LogP contribution in [-0.2, 0) is 4.74 Å². The molecule has 2 aliphatic heterocycles. The summed E-state index contributed by atoms with van der Waals surface area (Å²) in [6, 6.07) is -0.0654. The summed E-state index contributed by atoms with van der Waals surface area (Å²) < 4.78 is 5.69. The summed E-state index contributed by atoms with van der Waals surface area (Å²) in [7, 11) is 0. The van der Waals surface area contributed by atoms with E-state index in [-0.39, 0.29) is 12.1 Å². The first-order chi connectivity index (χ1) is 7.16. The monoisotopic (exact) mass is 213 g/mol. The molecule has 0 radical (unpaired) electrons. The number of hydrogen-bond acceptors (Lipinski definition) is 3. The van der Waals surface area contributed by atoms with E-state index < -0.39 is 0 Å². The van der Waals surface area contributed by atoms with Gasteiger partial charge in [-0.05, 0) is 26.2 Å². The van der Waals surface area contributed by atoms with E-state index in [1.807, 2.05) is 0 Å². The number of rotatable bonds is 2. The number of hydrazine groups is 1. The van der Waals surface area contributed by atoms with Gasteiger partial charge in [0.15, 0.2) is 0 Å². The highest BCUT2D eigenvalue weighted by molar-refractivity contribution is 5.74. The van der Waals surface area contributed by atoms with Crippen LogP contribution in [0.1, 0.15) is 26.2 Å². The fraction of sp³-hybridized carbons (Fsp3) is 0.900. The van der Waals surface area contributed by atoms with Crippen LogP contribution in [0, 0.1) is 0 Å². The molecule has 5 heteroatoms. The quantitative estimate of drug-likeness (QED) is 0.538. The van der Waals surface area contributed by atoms with Gasteiger partial charge in [0.25, 0.3) is 0 Å². The summed E-state index contributed by atoms with van der Waals surface area (Å²) in [5.74, 6) is 5.57. The SMILES string of the molecule is CC1CCC(CN2CCCN(N)C2=O)O1. The second-order valence-corrected chi connectivity index (χ2v) is 4.42. The van der Waals surface area contributed by atoms with Crippen molar-refractivity contribution in [3.8, 4) is 0 Å². The lowest BCUT2D eigenvalue weighted by Crippen LogP contribution is -2.54. The molecule has 0 aromatic carbocycles. The van der Waals surface area contributed by atoms with Crippen LogP contribution in [-0.4, -0.2) is 47.8 Å². The number of amides is 2. The lowest BCUT2D eigenvalue weighted by Gasteiger charge is -2.34. The smallest absolute Gasteiger partial charge is 0.334 e. The number of urea groups is 1. The predicted molar refractivity (Wildman–Crippen MR) is 56.0 cm³/mol. The van der Waals surface area contributed by atoms with E-state index in [1.165, 1.54) is 5.01 Å². The molecule has 2 aliphatic rings. The van der Waals surface area contributed by atoms with Gasteiger partial charge in [0.1, 0.15) is 0 Å². The molecule has 86 valence electrons. The van der Waals surface area contributed by atoms with Gasteiger partial charge in [-0.25, -0.2) is 10.6 Å². The number of carbonyl (C=O) groups is 1. The number of nitrogens with two attached hydrogens (primary N) is 1. The van der Waals surface area contributed by atoms with E-state index in [2.05, 4.69) is 6.92 Å². The Kier molecular flexibility index (Phi) is 3.11. The molecule has 2 fully saturated rings. The van der Waals surface area contributed by atoms with E-state index in [4.69, 9.17) is 10.6 Å². The van der Waals surface area contributed by atoms with Gasteiger partial charge >= 0.3 is 6.03 Å². The van der Waals surface area contributed by atoms with E-state index >= 15 is 0 Å². The average molecular weight is 213 g/mol. The van der Waals surface area contributed by atoms with E-state index in [1.54, 1.807) is 4.90 Å². The van der Waals surface area contributed by atoms with Gasteiger partial charge in [-0.1, -0.05) is 0 Å². The Bertz CT molecular complexity index is 247. The molecule has 2 heterocycles. The van der Waals surface area contributed by atoms with Crippen molar-refractivity contribution < 1.29 is 9.53 Å². The maximum Gasteiger partial charge on any atom is 0.334 e. The minimum Gasteiger partial charge on any atom is -0.373 e. The molecule has 0 aromatic heterocycles. The molecule has 2 rings (SSSR count). The van der Waals surface area contributed by atoms with Crippen molar-refractivity contribution in [2.24, 2.45) is 5.84 Å². The fourth-order valence-electron chi connectivity index (χ4n) is 2.24.